The van der Waals surface area contributed by atoms with Crippen molar-refractivity contribution in [2.24, 2.45) is 0 Å². The molecule has 1 aliphatic heterocycles. The topological polar surface area (TPSA) is 103 Å². The van der Waals surface area contributed by atoms with Crippen LogP contribution in [0.25, 0.3) is 5.65 Å². The molecule has 3 rings (SSSR count). The lowest BCUT2D eigenvalue weighted by Crippen LogP contribution is -2.29. The third kappa shape index (κ3) is 2.94. The minimum atomic E-state index is -3.62. The number of sulfonamides is 1. The normalized spacial score (nSPS) is 15.9. The third-order valence-electron chi connectivity index (χ3n) is 3.84. The predicted octanol–water partition coefficient (Wildman–Crippen LogP) is -0.156. The Hall–Kier alpha value is -2.20. The minimum Gasteiger partial charge on any atom is -0.465 e. The van der Waals surface area contributed by atoms with Crippen LogP contribution in [-0.4, -0.2) is 52.6 Å². The van der Waals surface area contributed by atoms with Gasteiger partial charge < -0.3 is 4.74 Å². The molecule has 0 radical (unpaired) electrons. The standard InChI is InChI=1S/C14H18N4O5S/c1-2-23-13(19)10-18-14(20)17-9-11(5-6-12(17)15-18)24(21,22)16-7-3-4-8-16/h5-6,9H,2-4,7-8,10H2,1H3. The molecule has 0 unspecified atom stereocenters. The van der Waals surface area contributed by atoms with E-state index in [2.05, 4.69) is 5.10 Å². The quantitative estimate of drug-likeness (QED) is 0.692. The number of pyridine rings is 1. The van der Waals surface area contributed by atoms with E-state index in [1.165, 1.54) is 22.6 Å². The van der Waals surface area contributed by atoms with Crippen molar-refractivity contribution in [2.45, 2.75) is 31.2 Å². The Morgan fingerprint density at radius 2 is 2.00 bits per heavy atom. The molecule has 0 aromatic carbocycles. The molecular formula is C14H18N4O5S. The molecule has 0 bridgehead atoms. The maximum Gasteiger partial charge on any atom is 0.350 e. The van der Waals surface area contributed by atoms with Crippen molar-refractivity contribution in [3.8, 4) is 0 Å². The average Bonchev–Trinajstić information content (AvgIpc) is 3.17. The van der Waals surface area contributed by atoms with Gasteiger partial charge in [-0.2, -0.15) is 4.31 Å². The van der Waals surface area contributed by atoms with Crippen LogP contribution in [0.1, 0.15) is 19.8 Å². The lowest BCUT2D eigenvalue weighted by molar-refractivity contribution is -0.144. The highest BCUT2D eigenvalue weighted by atomic mass is 32.2. The highest BCUT2D eigenvalue weighted by Crippen LogP contribution is 2.20. The summed E-state index contributed by atoms with van der Waals surface area (Å²) in [5.74, 6) is -0.576. The van der Waals surface area contributed by atoms with Gasteiger partial charge in [-0.05, 0) is 31.9 Å². The number of fused-ring (bicyclic) bond motifs is 1. The van der Waals surface area contributed by atoms with Gasteiger partial charge in [0.05, 0.1) is 11.5 Å². The first-order chi connectivity index (χ1) is 11.4. The molecule has 2 aromatic rings. The number of esters is 1. The van der Waals surface area contributed by atoms with Crippen LogP contribution in [0.2, 0.25) is 0 Å². The van der Waals surface area contributed by atoms with Crippen LogP contribution in [-0.2, 0) is 26.1 Å². The first-order valence-electron chi connectivity index (χ1n) is 7.68. The second kappa shape index (κ2) is 6.36. The molecule has 0 amide bonds. The summed E-state index contributed by atoms with van der Waals surface area (Å²) in [6, 6.07) is 2.87. The maximum absolute atomic E-state index is 12.6. The number of hydrogen-bond acceptors (Lipinski definition) is 6. The van der Waals surface area contributed by atoms with E-state index in [1.807, 2.05) is 0 Å². The number of rotatable bonds is 5. The smallest absolute Gasteiger partial charge is 0.350 e. The summed E-state index contributed by atoms with van der Waals surface area (Å²) >= 11 is 0. The van der Waals surface area contributed by atoms with Gasteiger partial charge in [-0.15, -0.1) is 5.10 Å². The molecule has 1 aliphatic rings. The van der Waals surface area contributed by atoms with Crippen molar-refractivity contribution >= 4 is 21.6 Å². The zero-order valence-corrected chi connectivity index (χ0v) is 14.0. The molecule has 0 aliphatic carbocycles. The summed E-state index contributed by atoms with van der Waals surface area (Å²) < 4.78 is 33.4. The fourth-order valence-electron chi connectivity index (χ4n) is 2.66. The van der Waals surface area contributed by atoms with E-state index in [4.69, 9.17) is 4.74 Å². The lowest BCUT2D eigenvalue weighted by Gasteiger charge is -2.15. The highest BCUT2D eigenvalue weighted by molar-refractivity contribution is 7.89. The molecule has 130 valence electrons. The van der Waals surface area contributed by atoms with Crippen LogP contribution in [0, 0.1) is 0 Å². The zero-order valence-electron chi connectivity index (χ0n) is 13.2. The van der Waals surface area contributed by atoms with E-state index in [1.54, 1.807) is 6.92 Å². The summed E-state index contributed by atoms with van der Waals surface area (Å²) in [6.07, 6.45) is 2.91. The van der Waals surface area contributed by atoms with Crippen LogP contribution in [0.3, 0.4) is 0 Å². The SMILES string of the molecule is CCOC(=O)Cn1nc2ccc(S(=O)(=O)N3CCCC3)cn2c1=O. The van der Waals surface area contributed by atoms with E-state index in [-0.39, 0.29) is 23.7 Å². The highest BCUT2D eigenvalue weighted by Gasteiger charge is 2.27. The van der Waals surface area contributed by atoms with Crippen LogP contribution >= 0.6 is 0 Å². The number of hydrogen-bond donors (Lipinski definition) is 0. The van der Waals surface area contributed by atoms with Gasteiger partial charge in [0.15, 0.2) is 5.65 Å². The van der Waals surface area contributed by atoms with Gasteiger partial charge in [0.1, 0.15) is 6.54 Å². The molecule has 1 fully saturated rings. The molecule has 0 spiro atoms. The van der Waals surface area contributed by atoms with Crippen LogP contribution in [0.15, 0.2) is 28.0 Å². The van der Waals surface area contributed by atoms with Crippen molar-refractivity contribution in [3.05, 3.63) is 28.8 Å². The second-order valence-electron chi connectivity index (χ2n) is 5.45. The fourth-order valence-corrected chi connectivity index (χ4v) is 4.18. The van der Waals surface area contributed by atoms with Gasteiger partial charge in [-0.25, -0.2) is 22.3 Å². The molecular weight excluding hydrogens is 336 g/mol. The number of carbonyl (C=O) groups excluding carboxylic acids is 1. The summed E-state index contributed by atoms with van der Waals surface area (Å²) in [7, 11) is -3.62. The van der Waals surface area contributed by atoms with Crippen LogP contribution < -0.4 is 5.69 Å². The van der Waals surface area contributed by atoms with E-state index >= 15 is 0 Å². The first kappa shape index (κ1) is 16.7. The third-order valence-corrected chi connectivity index (χ3v) is 5.72. The van der Waals surface area contributed by atoms with Gasteiger partial charge >= 0.3 is 11.7 Å². The number of nitrogens with zero attached hydrogens (tertiary/aromatic N) is 4. The van der Waals surface area contributed by atoms with E-state index < -0.39 is 21.7 Å². The molecule has 10 heteroatoms. The summed E-state index contributed by atoms with van der Waals surface area (Å²) in [4.78, 5) is 23.9. The summed E-state index contributed by atoms with van der Waals surface area (Å²) in [5, 5.41) is 4.01. The first-order valence-corrected chi connectivity index (χ1v) is 9.12. The fraction of sp³-hybridized carbons (Fsp3) is 0.500. The molecule has 9 nitrogen and oxygen atoms in total. The van der Waals surface area contributed by atoms with Gasteiger partial charge in [0.25, 0.3) is 0 Å². The van der Waals surface area contributed by atoms with Crippen molar-refractivity contribution in [1.82, 2.24) is 18.5 Å². The van der Waals surface area contributed by atoms with Gasteiger partial charge in [0.2, 0.25) is 10.0 Å². The molecule has 2 aromatic heterocycles. The largest absolute Gasteiger partial charge is 0.465 e. The Kier molecular flexibility index (Phi) is 4.41. The summed E-state index contributed by atoms with van der Waals surface area (Å²) in [6.45, 7) is 2.52. The molecule has 3 heterocycles. The lowest BCUT2D eigenvalue weighted by atomic mass is 10.4. The Morgan fingerprint density at radius 1 is 1.29 bits per heavy atom. The molecule has 0 saturated carbocycles. The number of ether oxygens (including phenoxy) is 1. The predicted molar refractivity (Wildman–Crippen MR) is 84.1 cm³/mol. The van der Waals surface area contributed by atoms with E-state index in [0.717, 1.165) is 21.9 Å². The summed E-state index contributed by atoms with van der Waals surface area (Å²) in [5.41, 5.74) is -0.318. The Morgan fingerprint density at radius 3 is 2.67 bits per heavy atom. The van der Waals surface area contributed by atoms with Crippen molar-refractivity contribution in [3.63, 3.8) is 0 Å². The van der Waals surface area contributed by atoms with Crippen LogP contribution in [0.5, 0.6) is 0 Å². The Bertz CT molecular complexity index is 924. The van der Waals surface area contributed by atoms with E-state index in [9.17, 15) is 18.0 Å². The number of aromatic nitrogens is 3. The zero-order chi connectivity index (χ0) is 17.3. The van der Waals surface area contributed by atoms with Gasteiger partial charge in [-0.3, -0.25) is 4.79 Å². The van der Waals surface area contributed by atoms with Crippen LogP contribution in [0.4, 0.5) is 0 Å². The minimum absolute atomic E-state index is 0.0367. The van der Waals surface area contributed by atoms with Crippen molar-refractivity contribution in [1.29, 1.82) is 0 Å². The molecule has 1 saturated heterocycles. The molecule has 0 atom stereocenters. The van der Waals surface area contributed by atoms with Gasteiger partial charge in [0, 0.05) is 19.3 Å². The second-order valence-corrected chi connectivity index (χ2v) is 7.39. The van der Waals surface area contributed by atoms with Gasteiger partial charge in [-0.1, -0.05) is 0 Å². The van der Waals surface area contributed by atoms with Crippen molar-refractivity contribution < 1.29 is 17.9 Å². The van der Waals surface area contributed by atoms with Crippen molar-refractivity contribution in [2.75, 3.05) is 19.7 Å². The number of carbonyl (C=O) groups is 1. The Balaban J connectivity index is 1.98. The molecule has 0 N–H and O–H groups in total. The average molecular weight is 354 g/mol. The molecule has 24 heavy (non-hydrogen) atoms. The Labute approximate surface area is 138 Å². The maximum atomic E-state index is 12.6. The van der Waals surface area contributed by atoms with E-state index in [0.29, 0.717) is 13.1 Å². The monoisotopic (exact) mass is 354 g/mol.